The first-order valence-corrected chi connectivity index (χ1v) is 5.83. The zero-order valence-corrected chi connectivity index (χ0v) is 10.6. The number of rotatable bonds is 5. The lowest BCUT2D eigenvalue weighted by Crippen LogP contribution is -2.32. The van der Waals surface area contributed by atoms with Gasteiger partial charge in [-0.2, -0.15) is 0 Å². The Hall–Kier alpha value is -1.64. The summed E-state index contributed by atoms with van der Waals surface area (Å²) in [4.78, 5) is 25.0. The number of carbonyl (C=O) groups is 2. The van der Waals surface area contributed by atoms with Crippen molar-refractivity contribution >= 4 is 11.7 Å². The summed E-state index contributed by atoms with van der Waals surface area (Å²) in [5.41, 5.74) is 0.618. The Kier molecular flexibility index (Phi) is 4.88. The van der Waals surface area contributed by atoms with Gasteiger partial charge < -0.3 is 4.90 Å². The van der Waals surface area contributed by atoms with Gasteiger partial charge in [-0.3, -0.25) is 9.59 Å². The summed E-state index contributed by atoms with van der Waals surface area (Å²) >= 11 is 0. The molecule has 0 aliphatic carbocycles. The molecular weight excluding hydrogens is 214 g/mol. The van der Waals surface area contributed by atoms with Gasteiger partial charge in [0, 0.05) is 19.0 Å². The zero-order chi connectivity index (χ0) is 12.8. The standard InChI is InChI=1S/C14H19NO2/c1-11(2)9-13(16)10-15(3)14(17)12-7-5-4-6-8-12/h4-8,11H,9-10H2,1-3H3. The SMILES string of the molecule is CC(C)CC(=O)CN(C)C(=O)c1ccccc1. The molecule has 17 heavy (non-hydrogen) atoms. The van der Waals surface area contributed by atoms with Crippen LogP contribution >= 0.6 is 0 Å². The van der Waals surface area contributed by atoms with Gasteiger partial charge in [0.15, 0.2) is 5.78 Å². The topological polar surface area (TPSA) is 37.4 Å². The van der Waals surface area contributed by atoms with Crippen LogP contribution in [0, 0.1) is 5.92 Å². The third-order valence-corrected chi connectivity index (χ3v) is 2.42. The van der Waals surface area contributed by atoms with Crippen molar-refractivity contribution in [3.05, 3.63) is 35.9 Å². The van der Waals surface area contributed by atoms with Gasteiger partial charge in [-0.25, -0.2) is 0 Å². The minimum atomic E-state index is -0.109. The molecule has 0 aromatic heterocycles. The highest BCUT2D eigenvalue weighted by Gasteiger charge is 2.14. The predicted octanol–water partition coefficient (Wildman–Crippen LogP) is 2.37. The Bertz CT molecular complexity index is 384. The third-order valence-electron chi connectivity index (χ3n) is 2.42. The van der Waals surface area contributed by atoms with Gasteiger partial charge in [0.25, 0.3) is 5.91 Å². The Morgan fingerprint density at radius 1 is 1.18 bits per heavy atom. The maximum atomic E-state index is 11.9. The maximum Gasteiger partial charge on any atom is 0.253 e. The first-order valence-electron chi connectivity index (χ1n) is 5.83. The van der Waals surface area contributed by atoms with Gasteiger partial charge in [-0.05, 0) is 18.1 Å². The minimum absolute atomic E-state index is 0.104. The van der Waals surface area contributed by atoms with E-state index in [1.54, 1.807) is 19.2 Å². The second-order valence-electron chi connectivity index (χ2n) is 4.66. The molecule has 0 radical (unpaired) electrons. The Labute approximate surface area is 102 Å². The smallest absolute Gasteiger partial charge is 0.253 e. The van der Waals surface area contributed by atoms with Crippen molar-refractivity contribution < 1.29 is 9.59 Å². The number of hydrogen-bond donors (Lipinski definition) is 0. The van der Waals surface area contributed by atoms with Gasteiger partial charge in [0.05, 0.1) is 6.54 Å². The summed E-state index contributed by atoms with van der Waals surface area (Å²) in [5, 5.41) is 0. The van der Waals surface area contributed by atoms with E-state index in [4.69, 9.17) is 0 Å². The Balaban J connectivity index is 2.56. The lowest BCUT2D eigenvalue weighted by molar-refractivity contribution is -0.120. The van der Waals surface area contributed by atoms with Crippen LogP contribution in [0.4, 0.5) is 0 Å². The number of ketones is 1. The normalized spacial score (nSPS) is 10.4. The minimum Gasteiger partial charge on any atom is -0.334 e. The van der Waals surface area contributed by atoms with E-state index in [-0.39, 0.29) is 18.2 Å². The fraction of sp³-hybridized carbons (Fsp3) is 0.429. The Morgan fingerprint density at radius 2 is 1.76 bits per heavy atom. The van der Waals surface area contributed by atoms with Crippen LogP contribution in [0.2, 0.25) is 0 Å². The van der Waals surface area contributed by atoms with Gasteiger partial charge in [0.1, 0.15) is 0 Å². The number of Topliss-reactive ketones (excluding diaryl/α,β-unsaturated/α-hetero) is 1. The molecular formula is C14H19NO2. The van der Waals surface area contributed by atoms with E-state index in [0.717, 1.165) is 0 Å². The molecule has 3 heteroatoms. The zero-order valence-electron chi connectivity index (χ0n) is 10.6. The molecule has 0 N–H and O–H groups in total. The average Bonchev–Trinajstić information content (AvgIpc) is 2.28. The fourth-order valence-electron chi connectivity index (χ4n) is 1.66. The molecule has 0 saturated heterocycles. The molecule has 1 rings (SSSR count). The van der Waals surface area contributed by atoms with Crippen LogP contribution in [0.15, 0.2) is 30.3 Å². The molecule has 0 bridgehead atoms. The van der Waals surface area contributed by atoms with Crippen molar-refractivity contribution in [3.63, 3.8) is 0 Å². The van der Waals surface area contributed by atoms with Crippen molar-refractivity contribution in [1.29, 1.82) is 0 Å². The second-order valence-corrected chi connectivity index (χ2v) is 4.66. The number of amides is 1. The Morgan fingerprint density at radius 3 is 2.29 bits per heavy atom. The molecule has 0 saturated carbocycles. The fourth-order valence-corrected chi connectivity index (χ4v) is 1.66. The molecule has 0 aliphatic rings. The van der Waals surface area contributed by atoms with Crippen molar-refractivity contribution in [2.24, 2.45) is 5.92 Å². The van der Waals surface area contributed by atoms with E-state index in [2.05, 4.69) is 0 Å². The summed E-state index contributed by atoms with van der Waals surface area (Å²) in [6.45, 7) is 4.18. The second kappa shape index (κ2) is 6.18. The van der Waals surface area contributed by atoms with Crippen LogP contribution in [0.1, 0.15) is 30.6 Å². The molecule has 0 fully saturated rings. The highest BCUT2D eigenvalue weighted by molar-refractivity contribution is 5.96. The summed E-state index contributed by atoms with van der Waals surface area (Å²) in [7, 11) is 1.66. The molecule has 0 aliphatic heterocycles. The highest BCUT2D eigenvalue weighted by atomic mass is 16.2. The van der Waals surface area contributed by atoms with Gasteiger partial charge in [-0.1, -0.05) is 32.0 Å². The number of benzene rings is 1. The van der Waals surface area contributed by atoms with Crippen LogP contribution in [-0.4, -0.2) is 30.2 Å². The monoisotopic (exact) mass is 233 g/mol. The number of nitrogens with zero attached hydrogens (tertiary/aromatic N) is 1. The van der Waals surface area contributed by atoms with E-state index in [9.17, 15) is 9.59 Å². The number of likely N-dealkylation sites (N-methyl/N-ethyl adjacent to an activating group) is 1. The summed E-state index contributed by atoms with van der Waals surface area (Å²) in [6, 6.07) is 9.01. The van der Waals surface area contributed by atoms with Crippen molar-refractivity contribution in [3.8, 4) is 0 Å². The predicted molar refractivity (Wildman–Crippen MR) is 67.9 cm³/mol. The lowest BCUT2D eigenvalue weighted by atomic mass is 10.1. The molecule has 1 aromatic carbocycles. The van der Waals surface area contributed by atoms with Crippen LogP contribution in [-0.2, 0) is 4.79 Å². The van der Waals surface area contributed by atoms with Crippen molar-refractivity contribution in [2.45, 2.75) is 20.3 Å². The van der Waals surface area contributed by atoms with Gasteiger partial charge in [-0.15, -0.1) is 0 Å². The summed E-state index contributed by atoms with van der Waals surface area (Å²) < 4.78 is 0. The molecule has 1 amide bonds. The quantitative estimate of drug-likeness (QED) is 0.783. The van der Waals surface area contributed by atoms with E-state index in [1.807, 2.05) is 32.0 Å². The van der Waals surface area contributed by atoms with Crippen molar-refractivity contribution in [2.75, 3.05) is 13.6 Å². The molecule has 0 atom stereocenters. The van der Waals surface area contributed by atoms with E-state index in [0.29, 0.717) is 17.9 Å². The third kappa shape index (κ3) is 4.39. The van der Waals surface area contributed by atoms with E-state index in [1.165, 1.54) is 4.90 Å². The van der Waals surface area contributed by atoms with Crippen LogP contribution in [0.5, 0.6) is 0 Å². The number of carbonyl (C=O) groups excluding carboxylic acids is 2. The van der Waals surface area contributed by atoms with Crippen LogP contribution in [0.25, 0.3) is 0 Å². The van der Waals surface area contributed by atoms with Gasteiger partial charge in [0.2, 0.25) is 0 Å². The number of hydrogen-bond acceptors (Lipinski definition) is 2. The lowest BCUT2D eigenvalue weighted by Gasteiger charge is -2.16. The first-order chi connectivity index (χ1) is 8.00. The average molecular weight is 233 g/mol. The summed E-state index contributed by atoms with van der Waals surface area (Å²) in [6.07, 6.45) is 0.520. The van der Waals surface area contributed by atoms with Crippen LogP contribution < -0.4 is 0 Å². The molecule has 3 nitrogen and oxygen atoms in total. The molecule has 92 valence electrons. The maximum absolute atomic E-state index is 11.9. The highest BCUT2D eigenvalue weighted by Crippen LogP contribution is 2.05. The van der Waals surface area contributed by atoms with Gasteiger partial charge >= 0.3 is 0 Å². The molecule has 0 heterocycles. The summed E-state index contributed by atoms with van der Waals surface area (Å²) in [5.74, 6) is 0.331. The first kappa shape index (κ1) is 13.4. The van der Waals surface area contributed by atoms with Crippen molar-refractivity contribution in [1.82, 2.24) is 4.90 Å². The van der Waals surface area contributed by atoms with E-state index < -0.39 is 0 Å². The largest absolute Gasteiger partial charge is 0.334 e. The molecule has 1 aromatic rings. The molecule has 0 spiro atoms. The van der Waals surface area contributed by atoms with E-state index >= 15 is 0 Å². The van der Waals surface area contributed by atoms with Crippen LogP contribution in [0.3, 0.4) is 0 Å². The molecule has 0 unspecified atom stereocenters.